The lowest BCUT2D eigenvalue weighted by Crippen LogP contribution is -2.33. The van der Waals surface area contributed by atoms with Gasteiger partial charge in [-0.05, 0) is 171 Å². The molecule has 0 bridgehead atoms. The molecule has 1 saturated carbocycles. The predicted octanol–water partition coefficient (Wildman–Crippen LogP) is 8.20. The van der Waals surface area contributed by atoms with E-state index in [1.165, 1.54) is 12.0 Å². The van der Waals surface area contributed by atoms with Crippen molar-refractivity contribution in [3.05, 3.63) is 81.9 Å². The van der Waals surface area contributed by atoms with Crippen LogP contribution in [0.5, 0.6) is 0 Å². The summed E-state index contributed by atoms with van der Waals surface area (Å²) in [7, 11) is 5.59. The molecule has 0 aromatic heterocycles. The van der Waals surface area contributed by atoms with E-state index in [-0.39, 0.29) is 11.6 Å². The second-order valence-corrected chi connectivity index (χ2v) is 14.9. The number of halogens is 2. The topological polar surface area (TPSA) is 151 Å². The summed E-state index contributed by atoms with van der Waals surface area (Å²) in [6.45, 7) is 15.5. The second kappa shape index (κ2) is 31.4. The molecule has 318 valence electrons. The third kappa shape index (κ3) is 27.0. The van der Waals surface area contributed by atoms with Crippen molar-refractivity contribution in [1.29, 1.82) is 0 Å². The van der Waals surface area contributed by atoms with E-state index >= 15 is 0 Å². The van der Waals surface area contributed by atoms with E-state index < -0.39 is 17.9 Å². The first-order valence-electron chi connectivity index (χ1n) is 20.0. The highest BCUT2D eigenvalue weighted by molar-refractivity contribution is 5.67. The summed E-state index contributed by atoms with van der Waals surface area (Å²) in [5.41, 5.74) is 5.18. The Morgan fingerprint density at radius 3 is 1.34 bits per heavy atom. The van der Waals surface area contributed by atoms with Gasteiger partial charge in [-0.3, -0.25) is 19.3 Å². The minimum Gasteiger partial charge on any atom is -0.481 e. The Bertz CT molecular complexity index is 1290. The van der Waals surface area contributed by atoms with E-state index in [2.05, 4.69) is 47.7 Å². The zero-order valence-electron chi connectivity index (χ0n) is 35.4. The van der Waals surface area contributed by atoms with E-state index in [4.69, 9.17) is 15.3 Å². The summed E-state index contributed by atoms with van der Waals surface area (Å²) in [4.78, 5) is 32.1. The molecule has 0 heterocycles. The Labute approximate surface area is 335 Å². The average molecular weight is 791 g/mol. The summed E-state index contributed by atoms with van der Waals surface area (Å²) < 4.78 is 27.8. The number of carboxylic acids is 3. The Morgan fingerprint density at radius 2 is 1.05 bits per heavy atom. The number of allylic oxidation sites excluding steroid dienone is 1. The summed E-state index contributed by atoms with van der Waals surface area (Å²) in [6.07, 6.45) is 9.61. The first-order valence-corrected chi connectivity index (χ1v) is 20.0. The third-order valence-electron chi connectivity index (χ3n) is 9.63. The highest BCUT2D eigenvalue weighted by atomic mass is 19.1. The molecule has 3 atom stereocenters. The van der Waals surface area contributed by atoms with Crippen LogP contribution in [0.25, 0.3) is 0 Å². The van der Waals surface area contributed by atoms with Crippen LogP contribution in [0.3, 0.4) is 0 Å². The van der Waals surface area contributed by atoms with Gasteiger partial charge in [-0.1, -0.05) is 37.6 Å². The number of nitrogens with one attached hydrogen (secondary N) is 3. The van der Waals surface area contributed by atoms with Gasteiger partial charge in [0.25, 0.3) is 0 Å². The van der Waals surface area contributed by atoms with Gasteiger partial charge in [0.15, 0.2) is 0 Å². The molecule has 56 heavy (non-hydrogen) atoms. The van der Waals surface area contributed by atoms with Gasteiger partial charge in [-0.25, -0.2) is 8.78 Å². The van der Waals surface area contributed by atoms with Crippen molar-refractivity contribution in [2.75, 3.05) is 47.3 Å². The largest absolute Gasteiger partial charge is 0.481 e. The first kappa shape index (κ1) is 52.3. The lowest BCUT2D eigenvalue weighted by Gasteiger charge is -2.42. The fourth-order valence-electron chi connectivity index (χ4n) is 6.30. The molecule has 0 radical (unpaired) electrons. The minimum absolute atomic E-state index is 0.203. The van der Waals surface area contributed by atoms with Crippen LogP contribution in [-0.4, -0.2) is 85.4 Å². The molecule has 2 aromatic rings. The number of nitrogens with zero attached hydrogens (tertiary/aromatic N) is 1. The molecule has 2 aromatic carbocycles. The van der Waals surface area contributed by atoms with E-state index in [0.717, 1.165) is 98.8 Å². The Kier molecular flexibility index (Phi) is 29.3. The quantitative estimate of drug-likeness (QED) is 0.0509. The maximum atomic E-state index is 13.9. The molecule has 3 unspecified atom stereocenters. The van der Waals surface area contributed by atoms with Gasteiger partial charge in [0.1, 0.15) is 11.6 Å². The molecular formula is C44H72F2N4O6. The molecular weight excluding hydrogens is 719 g/mol. The van der Waals surface area contributed by atoms with Crippen molar-refractivity contribution in [1.82, 2.24) is 20.9 Å². The highest BCUT2D eigenvalue weighted by Crippen LogP contribution is 2.43. The summed E-state index contributed by atoms with van der Waals surface area (Å²) in [5, 5.41) is 33.4. The first-order chi connectivity index (χ1) is 26.5. The van der Waals surface area contributed by atoms with Gasteiger partial charge in [0, 0.05) is 38.9 Å². The molecule has 0 spiro atoms. The molecule has 10 nitrogen and oxygen atoms in total. The zero-order chi connectivity index (χ0) is 42.5. The number of aliphatic carboxylic acids is 3. The Hall–Kier alpha value is -3.71. The normalized spacial score (nSPS) is 16.0. The van der Waals surface area contributed by atoms with E-state index in [1.807, 2.05) is 47.1 Å². The maximum Gasteiger partial charge on any atom is 0.303 e. The van der Waals surface area contributed by atoms with Gasteiger partial charge in [-0.15, -0.1) is 0 Å². The van der Waals surface area contributed by atoms with Crippen molar-refractivity contribution >= 4 is 17.9 Å². The lowest BCUT2D eigenvalue weighted by molar-refractivity contribution is -0.138. The molecule has 0 saturated heterocycles. The second-order valence-electron chi connectivity index (χ2n) is 14.9. The number of carboxylic acid groups (broad SMARTS) is 3. The van der Waals surface area contributed by atoms with Crippen LogP contribution >= 0.6 is 0 Å². The SMILES string of the molecule is C/C(=C\CN(Cc1cc(C)cc(F)c1)Cc1cc(C)cc(F)c1)C1CC(C)C1C.CNCCCCC(=O)O.CNCCCCC(=O)O.CNCCCCC(=O)O. The van der Waals surface area contributed by atoms with Crippen LogP contribution < -0.4 is 16.0 Å². The van der Waals surface area contributed by atoms with Crippen LogP contribution in [0, 0.1) is 43.2 Å². The van der Waals surface area contributed by atoms with Crippen LogP contribution in [0.2, 0.25) is 0 Å². The standard InChI is InChI=1S/C26H33F2N.3C6H13NO2/c1-17-8-22(13-24(27)10-17)15-29(16-23-9-18(2)11-25(28)14-23)7-6-19(3)26-12-20(4)21(26)5;3*1-7-5-3-2-4-6(8)9/h6,8-11,13-14,20-21,26H,7,12,15-16H2,1-5H3;3*7H,2-5H2,1H3,(H,8,9)/b19-6+;;;. The van der Waals surface area contributed by atoms with Crippen LogP contribution in [0.4, 0.5) is 8.78 Å². The fourth-order valence-corrected chi connectivity index (χ4v) is 6.30. The third-order valence-corrected chi connectivity index (χ3v) is 9.63. The number of hydrogen-bond donors (Lipinski definition) is 6. The van der Waals surface area contributed by atoms with Crippen LogP contribution in [-0.2, 0) is 27.5 Å². The van der Waals surface area contributed by atoms with Gasteiger partial charge in [0.2, 0.25) is 0 Å². The zero-order valence-corrected chi connectivity index (χ0v) is 35.4. The number of hydrogen-bond acceptors (Lipinski definition) is 7. The van der Waals surface area contributed by atoms with Crippen LogP contribution in [0.15, 0.2) is 48.0 Å². The Morgan fingerprint density at radius 1 is 0.679 bits per heavy atom. The number of benzene rings is 2. The van der Waals surface area contributed by atoms with Crippen molar-refractivity contribution in [2.24, 2.45) is 17.8 Å². The summed E-state index contributed by atoms with van der Waals surface area (Å²) >= 11 is 0. The fraction of sp³-hybridized carbons (Fsp3) is 0.614. The number of aryl methyl sites for hydroxylation is 2. The van der Waals surface area contributed by atoms with Gasteiger partial charge in [-0.2, -0.15) is 0 Å². The van der Waals surface area contributed by atoms with E-state index in [0.29, 0.717) is 38.3 Å². The smallest absolute Gasteiger partial charge is 0.303 e. The van der Waals surface area contributed by atoms with E-state index in [9.17, 15) is 23.2 Å². The molecule has 0 amide bonds. The van der Waals surface area contributed by atoms with Gasteiger partial charge < -0.3 is 31.3 Å². The minimum atomic E-state index is -0.703. The highest BCUT2D eigenvalue weighted by Gasteiger charge is 2.34. The number of unbranched alkanes of at least 4 members (excludes halogenated alkanes) is 3. The number of rotatable bonds is 22. The molecule has 6 N–H and O–H groups in total. The van der Waals surface area contributed by atoms with E-state index in [1.54, 1.807) is 24.3 Å². The van der Waals surface area contributed by atoms with Crippen molar-refractivity contribution in [3.63, 3.8) is 0 Å². The lowest BCUT2D eigenvalue weighted by atomic mass is 9.64. The van der Waals surface area contributed by atoms with Crippen molar-refractivity contribution in [2.45, 2.75) is 112 Å². The molecule has 0 aliphatic heterocycles. The molecule has 1 fully saturated rings. The summed E-state index contributed by atoms with van der Waals surface area (Å²) in [6, 6.07) is 10.4. The molecule has 12 heteroatoms. The maximum absolute atomic E-state index is 13.9. The summed E-state index contributed by atoms with van der Waals surface area (Å²) in [5.74, 6) is -0.319. The Balaban J connectivity index is 0.000000912. The van der Waals surface area contributed by atoms with Crippen molar-refractivity contribution in [3.8, 4) is 0 Å². The average Bonchev–Trinajstić information content (AvgIpc) is 3.11. The van der Waals surface area contributed by atoms with Crippen molar-refractivity contribution < 1.29 is 38.5 Å². The van der Waals surface area contributed by atoms with Gasteiger partial charge >= 0.3 is 17.9 Å². The predicted molar refractivity (Wildman–Crippen MR) is 223 cm³/mol. The van der Waals surface area contributed by atoms with Crippen LogP contribution in [0.1, 0.15) is 107 Å². The molecule has 3 rings (SSSR count). The number of carbonyl (C=O) groups is 3. The molecule has 1 aliphatic carbocycles. The van der Waals surface area contributed by atoms with Gasteiger partial charge in [0.05, 0.1) is 0 Å². The molecule has 1 aliphatic rings. The monoisotopic (exact) mass is 791 g/mol.